The van der Waals surface area contributed by atoms with Crippen molar-refractivity contribution < 1.29 is 4.79 Å². The number of benzene rings is 1. The zero-order valence-electron chi connectivity index (χ0n) is 16.6. The van der Waals surface area contributed by atoms with Gasteiger partial charge in [0.1, 0.15) is 0 Å². The highest BCUT2D eigenvalue weighted by Crippen LogP contribution is 2.42. The van der Waals surface area contributed by atoms with Crippen molar-refractivity contribution in [2.45, 2.75) is 50.2 Å². The Kier molecular flexibility index (Phi) is 7.05. The second kappa shape index (κ2) is 9.49. The van der Waals surface area contributed by atoms with Gasteiger partial charge in [0.15, 0.2) is 5.96 Å². The summed E-state index contributed by atoms with van der Waals surface area (Å²) in [6, 6.07) is 8.06. The van der Waals surface area contributed by atoms with Gasteiger partial charge in [-0.05, 0) is 37.0 Å². The van der Waals surface area contributed by atoms with Crippen LogP contribution >= 0.6 is 11.8 Å². The summed E-state index contributed by atoms with van der Waals surface area (Å²) >= 11 is 2.19. The zero-order chi connectivity index (χ0) is 19.1. The average molecular weight is 389 g/mol. The molecule has 0 atom stereocenters. The molecule has 3 rings (SSSR count). The molecule has 0 unspecified atom stereocenters. The van der Waals surface area contributed by atoms with Crippen LogP contribution in [0.15, 0.2) is 29.3 Å². The lowest BCUT2D eigenvalue weighted by atomic mass is 9.87. The average Bonchev–Trinajstić information content (AvgIpc) is 2.67. The molecule has 27 heavy (non-hydrogen) atoms. The standard InChI is InChI=1S/C21H32N4OS/c1-17(26)24-19-8-6-18(7-9-19)10-13-23-20(22-2)25-14-15-27-21(16-25)11-4-3-5-12-21/h6-9H,3-5,10-16H2,1-2H3,(H,22,23)(H,24,26). The van der Waals surface area contributed by atoms with Crippen LogP contribution in [0.3, 0.4) is 0 Å². The molecule has 1 aromatic carbocycles. The molecular formula is C21H32N4OS. The molecule has 2 fully saturated rings. The lowest BCUT2D eigenvalue weighted by Crippen LogP contribution is -2.53. The van der Waals surface area contributed by atoms with Crippen LogP contribution in [-0.4, -0.2) is 53.9 Å². The van der Waals surface area contributed by atoms with Crippen molar-refractivity contribution in [3.8, 4) is 0 Å². The van der Waals surface area contributed by atoms with E-state index in [9.17, 15) is 4.79 Å². The minimum absolute atomic E-state index is 0.0383. The van der Waals surface area contributed by atoms with E-state index < -0.39 is 0 Å². The van der Waals surface area contributed by atoms with E-state index in [0.29, 0.717) is 4.75 Å². The summed E-state index contributed by atoms with van der Waals surface area (Å²) in [6.07, 6.45) is 7.80. The molecule has 1 aromatic rings. The van der Waals surface area contributed by atoms with Crippen molar-refractivity contribution in [3.63, 3.8) is 0 Å². The first-order valence-corrected chi connectivity index (χ1v) is 11.0. The third-order valence-electron chi connectivity index (χ3n) is 5.50. The van der Waals surface area contributed by atoms with Gasteiger partial charge >= 0.3 is 0 Å². The normalized spacial score (nSPS) is 19.8. The number of nitrogens with zero attached hydrogens (tertiary/aromatic N) is 2. The van der Waals surface area contributed by atoms with Gasteiger partial charge in [0.2, 0.25) is 5.91 Å². The summed E-state index contributed by atoms with van der Waals surface area (Å²) in [5.41, 5.74) is 2.10. The predicted octanol–water partition coefficient (Wildman–Crippen LogP) is 3.51. The Bertz CT molecular complexity index is 647. The van der Waals surface area contributed by atoms with Gasteiger partial charge in [0.05, 0.1) is 0 Å². The van der Waals surface area contributed by atoms with Crippen LogP contribution in [0.1, 0.15) is 44.6 Å². The van der Waals surface area contributed by atoms with Crippen LogP contribution in [0.2, 0.25) is 0 Å². The SMILES string of the molecule is CN=C(NCCc1ccc(NC(C)=O)cc1)N1CCSC2(CCCCC2)C1. The molecular weight excluding hydrogens is 356 g/mol. The fourth-order valence-corrected chi connectivity index (χ4v) is 5.70. The van der Waals surface area contributed by atoms with Crippen LogP contribution in [-0.2, 0) is 11.2 Å². The Morgan fingerprint density at radius 1 is 1.22 bits per heavy atom. The molecule has 1 aliphatic heterocycles. The van der Waals surface area contributed by atoms with Crippen molar-refractivity contribution in [1.82, 2.24) is 10.2 Å². The minimum Gasteiger partial charge on any atom is -0.356 e. The molecule has 5 nitrogen and oxygen atoms in total. The topological polar surface area (TPSA) is 56.7 Å². The number of aliphatic imine (C=N–C) groups is 1. The fourth-order valence-electron chi connectivity index (χ4n) is 4.13. The van der Waals surface area contributed by atoms with E-state index in [1.54, 1.807) is 0 Å². The summed E-state index contributed by atoms with van der Waals surface area (Å²) in [5.74, 6) is 2.20. The number of guanidine groups is 1. The van der Waals surface area contributed by atoms with Gasteiger partial charge < -0.3 is 15.5 Å². The highest BCUT2D eigenvalue weighted by atomic mass is 32.2. The summed E-state index contributed by atoms with van der Waals surface area (Å²) in [7, 11) is 1.89. The van der Waals surface area contributed by atoms with Crippen molar-refractivity contribution >= 4 is 29.3 Å². The molecule has 1 heterocycles. The third-order valence-corrected chi connectivity index (χ3v) is 7.03. The number of anilines is 1. The Labute approximate surface area is 167 Å². The Morgan fingerprint density at radius 2 is 1.96 bits per heavy atom. The van der Waals surface area contributed by atoms with E-state index in [-0.39, 0.29) is 5.91 Å². The monoisotopic (exact) mass is 388 g/mol. The molecule has 2 aliphatic rings. The molecule has 1 spiro atoms. The van der Waals surface area contributed by atoms with E-state index in [1.165, 1.54) is 50.3 Å². The summed E-state index contributed by atoms with van der Waals surface area (Å²) in [5, 5.41) is 6.36. The highest BCUT2D eigenvalue weighted by Gasteiger charge is 2.38. The number of nitrogens with one attached hydrogen (secondary N) is 2. The fraction of sp³-hybridized carbons (Fsp3) is 0.619. The quantitative estimate of drug-likeness (QED) is 0.612. The molecule has 148 valence electrons. The van der Waals surface area contributed by atoms with E-state index in [0.717, 1.165) is 37.7 Å². The van der Waals surface area contributed by atoms with Gasteiger partial charge in [-0.15, -0.1) is 0 Å². The number of rotatable bonds is 4. The van der Waals surface area contributed by atoms with Gasteiger partial charge in [0.25, 0.3) is 0 Å². The van der Waals surface area contributed by atoms with Gasteiger partial charge in [0, 0.05) is 49.8 Å². The predicted molar refractivity (Wildman–Crippen MR) is 116 cm³/mol. The van der Waals surface area contributed by atoms with Crippen LogP contribution in [0.4, 0.5) is 5.69 Å². The van der Waals surface area contributed by atoms with Crippen LogP contribution < -0.4 is 10.6 Å². The van der Waals surface area contributed by atoms with Gasteiger partial charge in [-0.25, -0.2) is 0 Å². The number of thioether (sulfide) groups is 1. The van der Waals surface area contributed by atoms with Gasteiger partial charge in [-0.3, -0.25) is 9.79 Å². The number of hydrogen-bond acceptors (Lipinski definition) is 3. The molecule has 0 aromatic heterocycles. The lowest BCUT2D eigenvalue weighted by molar-refractivity contribution is -0.114. The highest BCUT2D eigenvalue weighted by molar-refractivity contribution is 8.00. The summed E-state index contributed by atoms with van der Waals surface area (Å²) in [6.45, 7) is 4.60. The number of hydrogen-bond donors (Lipinski definition) is 2. The third kappa shape index (κ3) is 5.64. The lowest BCUT2D eigenvalue weighted by Gasteiger charge is -2.45. The Morgan fingerprint density at radius 3 is 2.63 bits per heavy atom. The Hall–Kier alpha value is -1.69. The first-order chi connectivity index (χ1) is 13.1. The molecule has 1 amide bonds. The maximum Gasteiger partial charge on any atom is 0.221 e. The van der Waals surface area contributed by atoms with Crippen molar-refractivity contribution in [2.24, 2.45) is 4.99 Å². The van der Waals surface area contributed by atoms with Crippen molar-refractivity contribution in [3.05, 3.63) is 29.8 Å². The molecule has 0 radical (unpaired) electrons. The molecule has 1 saturated heterocycles. The number of amides is 1. The molecule has 2 N–H and O–H groups in total. The second-order valence-corrected chi connectivity index (χ2v) is 9.18. The van der Waals surface area contributed by atoms with E-state index in [2.05, 4.69) is 44.4 Å². The van der Waals surface area contributed by atoms with Crippen molar-refractivity contribution in [1.29, 1.82) is 0 Å². The van der Waals surface area contributed by atoms with E-state index >= 15 is 0 Å². The van der Waals surface area contributed by atoms with Crippen LogP contribution in [0, 0.1) is 0 Å². The smallest absolute Gasteiger partial charge is 0.221 e. The number of carbonyl (C=O) groups is 1. The number of carbonyl (C=O) groups excluding carboxylic acids is 1. The Balaban J connectivity index is 1.49. The van der Waals surface area contributed by atoms with Crippen LogP contribution in [0.25, 0.3) is 0 Å². The largest absolute Gasteiger partial charge is 0.356 e. The molecule has 6 heteroatoms. The molecule has 1 saturated carbocycles. The first kappa shape index (κ1) is 20.1. The summed E-state index contributed by atoms with van der Waals surface area (Å²) in [4.78, 5) is 18.1. The molecule has 1 aliphatic carbocycles. The molecule has 0 bridgehead atoms. The van der Waals surface area contributed by atoms with Crippen molar-refractivity contribution in [2.75, 3.05) is 37.8 Å². The van der Waals surface area contributed by atoms with E-state index in [4.69, 9.17) is 0 Å². The minimum atomic E-state index is -0.0383. The van der Waals surface area contributed by atoms with Gasteiger partial charge in [-0.1, -0.05) is 31.4 Å². The maximum absolute atomic E-state index is 11.1. The van der Waals surface area contributed by atoms with Crippen LogP contribution in [0.5, 0.6) is 0 Å². The van der Waals surface area contributed by atoms with E-state index in [1.807, 2.05) is 19.2 Å². The second-order valence-electron chi connectivity index (χ2n) is 7.62. The first-order valence-electron chi connectivity index (χ1n) is 10.1. The van der Waals surface area contributed by atoms with Gasteiger partial charge in [-0.2, -0.15) is 11.8 Å². The summed E-state index contributed by atoms with van der Waals surface area (Å²) < 4.78 is 0.452. The zero-order valence-corrected chi connectivity index (χ0v) is 17.4. The maximum atomic E-state index is 11.1.